The monoisotopic (exact) mass is 428 g/mol. The van der Waals surface area contributed by atoms with Crippen LogP contribution in [0.5, 0.6) is 0 Å². The number of hydrogen-bond acceptors (Lipinski definition) is 5. The van der Waals surface area contributed by atoms with Crippen molar-refractivity contribution in [2.45, 2.75) is 6.92 Å². The summed E-state index contributed by atoms with van der Waals surface area (Å²) in [5, 5.41) is 7.52. The van der Waals surface area contributed by atoms with Crippen molar-refractivity contribution in [1.29, 1.82) is 0 Å². The SMILES string of the molecule is C#Cc1cccc(NC(=O)CNC(=O)c2cc(NC(C)=O)ccc2NS(C)(=O)=O)c1. The van der Waals surface area contributed by atoms with E-state index in [1.807, 2.05) is 0 Å². The average molecular weight is 428 g/mol. The zero-order chi connectivity index (χ0) is 22.3. The molecule has 3 amide bonds. The number of sulfonamides is 1. The number of benzene rings is 2. The lowest BCUT2D eigenvalue weighted by Gasteiger charge is -2.13. The van der Waals surface area contributed by atoms with Crippen molar-refractivity contribution in [3.05, 3.63) is 53.6 Å². The Balaban J connectivity index is 2.14. The Bertz CT molecular complexity index is 1140. The fourth-order valence-electron chi connectivity index (χ4n) is 2.45. The smallest absolute Gasteiger partial charge is 0.253 e. The van der Waals surface area contributed by atoms with Crippen LogP contribution in [0.1, 0.15) is 22.8 Å². The van der Waals surface area contributed by atoms with E-state index in [0.29, 0.717) is 16.9 Å². The van der Waals surface area contributed by atoms with Gasteiger partial charge in [-0.25, -0.2) is 8.42 Å². The van der Waals surface area contributed by atoms with E-state index in [1.54, 1.807) is 24.3 Å². The number of amides is 3. The molecule has 2 aromatic rings. The van der Waals surface area contributed by atoms with E-state index in [0.717, 1.165) is 6.26 Å². The van der Waals surface area contributed by atoms with E-state index >= 15 is 0 Å². The maximum Gasteiger partial charge on any atom is 0.253 e. The number of terminal acetylenes is 1. The van der Waals surface area contributed by atoms with E-state index in [9.17, 15) is 22.8 Å². The summed E-state index contributed by atoms with van der Waals surface area (Å²) in [6.45, 7) is 0.920. The highest BCUT2D eigenvalue weighted by Crippen LogP contribution is 2.22. The van der Waals surface area contributed by atoms with Crippen LogP contribution in [-0.4, -0.2) is 38.9 Å². The third kappa shape index (κ3) is 6.96. The van der Waals surface area contributed by atoms with Crippen LogP contribution in [0.3, 0.4) is 0 Å². The minimum absolute atomic E-state index is 0.00577. The zero-order valence-electron chi connectivity index (χ0n) is 16.3. The number of rotatable bonds is 7. The molecular formula is C20H20N4O5S. The number of carbonyl (C=O) groups is 3. The van der Waals surface area contributed by atoms with Gasteiger partial charge in [0, 0.05) is 23.9 Å². The van der Waals surface area contributed by atoms with Crippen molar-refractivity contribution >= 4 is 44.8 Å². The molecule has 0 aliphatic heterocycles. The van der Waals surface area contributed by atoms with Gasteiger partial charge in [-0.05, 0) is 36.4 Å². The third-order valence-electron chi connectivity index (χ3n) is 3.60. The van der Waals surface area contributed by atoms with Crippen LogP contribution in [0.25, 0.3) is 0 Å². The van der Waals surface area contributed by atoms with Gasteiger partial charge in [0.15, 0.2) is 0 Å². The van der Waals surface area contributed by atoms with E-state index in [1.165, 1.54) is 25.1 Å². The second-order valence-corrected chi connectivity index (χ2v) is 8.02. The Hall–Kier alpha value is -3.84. The lowest BCUT2D eigenvalue weighted by atomic mass is 10.1. The molecule has 30 heavy (non-hydrogen) atoms. The van der Waals surface area contributed by atoms with Crippen molar-refractivity contribution in [1.82, 2.24) is 5.32 Å². The Morgan fingerprint density at radius 1 is 1.03 bits per heavy atom. The molecule has 0 aromatic heterocycles. The number of hydrogen-bond donors (Lipinski definition) is 4. The van der Waals surface area contributed by atoms with Gasteiger partial charge in [-0.2, -0.15) is 0 Å². The molecular weight excluding hydrogens is 408 g/mol. The first-order chi connectivity index (χ1) is 14.1. The Morgan fingerprint density at radius 2 is 1.73 bits per heavy atom. The highest BCUT2D eigenvalue weighted by atomic mass is 32.2. The van der Waals surface area contributed by atoms with Crippen LogP contribution in [0.4, 0.5) is 17.1 Å². The standard InChI is InChI=1S/C20H20N4O5S/c1-4-14-6-5-7-15(10-14)23-19(26)12-21-20(27)17-11-16(22-13(2)25)8-9-18(17)24-30(3,28)29/h1,5-11,24H,12H2,2-3H3,(H,21,27)(H,22,25)(H,23,26). The minimum atomic E-state index is -3.66. The van der Waals surface area contributed by atoms with E-state index < -0.39 is 21.8 Å². The summed E-state index contributed by atoms with van der Waals surface area (Å²) in [5.74, 6) is 0.873. The summed E-state index contributed by atoms with van der Waals surface area (Å²) < 4.78 is 25.4. The molecule has 2 rings (SSSR count). The molecule has 0 radical (unpaired) electrons. The number of nitrogens with one attached hydrogen (secondary N) is 4. The molecule has 4 N–H and O–H groups in total. The summed E-state index contributed by atoms with van der Waals surface area (Å²) in [7, 11) is -3.66. The lowest BCUT2D eigenvalue weighted by molar-refractivity contribution is -0.115. The molecule has 0 heterocycles. The first-order valence-corrected chi connectivity index (χ1v) is 10.5. The fourth-order valence-corrected chi connectivity index (χ4v) is 3.03. The number of anilines is 3. The van der Waals surface area contributed by atoms with Crippen LogP contribution in [0.2, 0.25) is 0 Å². The molecule has 0 fully saturated rings. The Morgan fingerprint density at radius 3 is 2.37 bits per heavy atom. The van der Waals surface area contributed by atoms with Gasteiger partial charge in [-0.3, -0.25) is 19.1 Å². The quantitative estimate of drug-likeness (QED) is 0.494. The van der Waals surface area contributed by atoms with Gasteiger partial charge in [-0.15, -0.1) is 6.42 Å². The lowest BCUT2D eigenvalue weighted by Crippen LogP contribution is -2.33. The molecule has 0 saturated heterocycles. The second-order valence-electron chi connectivity index (χ2n) is 6.27. The molecule has 156 valence electrons. The van der Waals surface area contributed by atoms with Crippen LogP contribution >= 0.6 is 0 Å². The second kappa shape index (κ2) is 9.58. The summed E-state index contributed by atoms with van der Waals surface area (Å²) >= 11 is 0. The summed E-state index contributed by atoms with van der Waals surface area (Å²) in [5.41, 5.74) is 1.29. The third-order valence-corrected chi connectivity index (χ3v) is 4.19. The van der Waals surface area contributed by atoms with Gasteiger partial charge in [0.05, 0.1) is 24.1 Å². The molecule has 0 atom stereocenters. The normalized spacial score (nSPS) is 10.4. The first kappa shape index (κ1) is 22.4. The van der Waals surface area contributed by atoms with Gasteiger partial charge in [0.25, 0.3) is 5.91 Å². The Kier molecular flexibility index (Phi) is 7.17. The van der Waals surface area contributed by atoms with Gasteiger partial charge in [-0.1, -0.05) is 12.0 Å². The summed E-state index contributed by atoms with van der Waals surface area (Å²) in [6, 6.07) is 10.7. The van der Waals surface area contributed by atoms with Crippen molar-refractivity contribution in [2.24, 2.45) is 0 Å². The van der Waals surface area contributed by atoms with Crippen molar-refractivity contribution in [2.75, 3.05) is 28.2 Å². The molecule has 0 aliphatic carbocycles. The van der Waals surface area contributed by atoms with Crippen LogP contribution in [-0.2, 0) is 19.6 Å². The zero-order valence-corrected chi connectivity index (χ0v) is 17.1. The highest BCUT2D eigenvalue weighted by Gasteiger charge is 2.16. The van der Waals surface area contributed by atoms with Crippen molar-refractivity contribution < 1.29 is 22.8 Å². The van der Waals surface area contributed by atoms with Gasteiger partial charge in [0.2, 0.25) is 21.8 Å². The molecule has 9 nitrogen and oxygen atoms in total. The topological polar surface area (TPSA) is 133 Å². The largest absolute Gasteiger partial charge is 0.343 e. The van der Waals surface area contributed by atoms with Crippen molar-refractivity contribution in [3.63, 3.8) is 0 Å². The summed E-state index contributed by atoms with van der Waals surface area (Å²) in [4.78, 5) is 36.0. The molecule has 0 saturated carbocycles. The average Bonchev–Trinajstić information content (AvgIpc) is 2.66. The maximum atomic E-state index is 12.6. The predicted molar refractivity (Wildman–Crippen MR) is 115 cm³/mol. The van der Waals surface area contributed by atoms with Gasteiger partial charge in [0.1, 0.15) is 0 Å². The van der Waals surface area contributed by atoms with E-state index in [-0.39, 0.29) is 23.7 Å². The molecule has 0 aliphatic rings. The molecule has 0 bridgehead atoms. The van der Waals surface area contributed by atoms with Crippen LogP contribution in [0, 0.1) is 12.3 Å². The maximum absolute atomic E-state index is 12.6. The molecule has 2 aromatic carbocycles. The van der Waals surface area contributed by atoms with Gasteiger partial charge >= 0.3 is 0 Å². The Labute approximate surface area is 174 Å². The highest BCUT2D eigenvalue weighted by molar-refractivity contribution is 7.92. The van der Waals surface area contributed by atoms with E-state index in [2.05, 4.69) is 26.6 Å². The molecule has 0 spiro atoms. The van der Waals surface area contributed by atoms with Crippen LogP contribution < -0.4 is 20.7 Å². The molecule has 0 unspecified atom stereocenters. The number of carbonyl (C=O) groups excluding carboxylic acids is 3. The predicted octanol–water partition coefficient (Wildman–Crippen LogP) is 1.37. The van der Waals surface area contributed by atoms with Crippen LogP contribution in [0.15, 0.2) is 42.5 Å². The minimum Gasteiger partial charge on any atom is -0.343 e. The van der Waals surface area contributed by atoms with E-state index in [4.69, 9.17) is 6.42 Å². The first-order valence-electron chi connectivity index (χ1n) is 8.61. The summed E-state index contributed by atoms with van der Waals surface area (Å²) in [6.07, 6.45) is 6.26. The van der Waals surface area contributed by atoms with Crippen molar-refractivity contribution in [3.8, 4) is 12.3 Å². The van der Waals surface area contributed by atoms with Gasteiger partial charge < -0.3 is 16.0 Å². The fraction of sp³-hybridized carbons (Fsp3) is 0.150. The molecule has 10 heteroatoms.